The number of aliphatic carboxylic acids is 1. The zero-order valence-corrected chi connectivity index (χ0v) is 11.6. The van der Waals surface area contributed by atoms with Crippen molar-refractivity contribution in [2.24, 2.45) is 0 Å². The maximum Gasteiger partial charge on any atom is 0.303 e. The molecule has 0 aromatic heterocycles. The minimum atomic E-state index is -0.686. The molecular weight excluding hydrogens is 238 g/mol. The first-order valence-corrected chi connectivity index (χ1v) is 7.17. The monoisotopic (exact) mass is 261 g/mol. The van der Waals surface area contributed by atoms with E-state index in [0.717, 1.165) is 25.9 Å². The minimum absolute atomic E-state index is 0.285. The van der Waals surface area contributed by atoms with Crippen molar-refractivity contribution in [1.82, 2.24) is 4.90 Å². The fraction of sp³-hybridized carbons (Fsp3) is 0.562. The normalized spacial score (nSPS) is 19.7. The van der Waals surface area contributed by atoms with E-state index >= 15 is 0 Å². The zero-order valence-electron chi connectivity index (χ0n) is 11.6. The van der Waals surface area contributed by atoms with E-state index < -0.39 is 5.97 Å². The smallest absolute Gasteiger partial charge is 0.303 e. The fourth-order valence-electron chi connectivity index (χ4n) is 2.95. The summed E-state index contributed by atoms with van der Waals surface area (Å²) in [5.41, 5.74) is 2.79. The van der Waals surface area contributed by atoms with Gasteiger partial charge in [-0.05, 0) is 56.8 Å². The van der Waals surface area contributed by atoms with Crippen molar-refractivity contribution in [3.8, 4) is 0 Å². The Morgan fingerprint density at radius 1 is 1.42 bits per heavy atom. The van der Waals surface area contributed by atoms with Crippen molar-refractivity contribution in [2.75, 3.05) is 13.1 Å². The molecule has 104 valence electrons. The van der Waals surface area contributed by atoms with E-state index in [0.29, 0.717) is 6.04 Å². The molecule has 1 fully saturated rings. The summed E-state index contributed by atoms with van der Waals surface area (Å²) in [5.74, 6) is -0.686. The molecule has 1 aliphatic rings. The molecule has 0 bridgehead atoms. The van der Waals surface area contributed by atoms with E-state index in [1.807, 2.05) is 0 Å². The van der Waals surface area contributed by atoms with Crippen molar-refractivity contribution < 1.29 is 9.90 Å². The maximum absolute atomic E-state index is 10.6. The van der Waals surface area contributed by atoms with Gasteiger partial charge in [0.25, 0.3) is 0 Å². The number of rotatable bonds is 6. The molecule has 3 heteroatoms. The lowest BCUT2D eigenvalue weighted by Gasteiger charge is -2.24. The summed E-state index contributed by atoms with van der Waals surface area (Å²) >= 11 is 0. The number of likely N-dealkylation sites (tertiary alicyclic amines) is 1. The standard InChI is InChI=1S/C16H23NO2/c1-13-6-2-3-7-14(13)12-15-8-4-10-17(15)11-5-9-16(18)19/h2-3,6-7,15H,4-5,8-12H2,1H3,(H,18,19). The van der Waals surface area contributed by atoms with Crippen LogP contribution >= 0.6 is 0 Å². The summed E-state index contributed by atoms with van der Waals surface area (Å²) in [4.78, 5) is 13.0. The molecule has 1 saturated heterocycles. The molecule has 0 saturated carbocycles. The number of benzene rings is 1. The number of carboxylic acid groups (broad SMARTS) is 1. The number of hydrogen-bond donors (Lipinski definition) is 1. The van der Waals surface area contributed by atoms with Crippen LogP contribution in [0.4, 0.5) is 0 Å². The second-order valence-corrected chi connectivity index (χ2v) is 5.46. The molecule has 2 rings (SSSR count). The molecule has 0 spiro atoms. The van der Waals surface area contributed by atoms with Gasteiger partial charge in [-0.3, -0.25) is 4.79 Å². The molecule has 19 heavy (non-hydrogen) atoms. The van der Waals surface area contributed by atoms with E-state index in [1.165, 1.54) is 24.0 Å². The Morgan fingerprint density at radius 2 is 2.21 bits per heavy atom. The largest absolute Gasteiger partial charge is 0.481 e. The Labute approximate surface area is 115 Å². The highest BCUT2D eigenvalue weighted by atomic mass is 16.4. The van der Waals surface area contributed by atoms with Crippen LogP contribution in [0.15, 0.2) is 24.3 Å². The Hall–Kier alpha value is -1.35. The predicted octanol–water partition coefficient (Wildman–Crippen LogP) is 2.87. The average Bonchev–Trinajstić information content (AvgIpc) is 2.79. The Balaban J connectivity index is 1.88. The lowest BCUT2D eigenvalue weighted by molar-refractivity contribution is -0.137. The minimum Gasteiger partial charge on any atom is -0.481 e. The van der Waals surface area contributed by atoms with Gasteiger partial charge in [-0.1, -0.05) is 24.3 Å². The first kappa shape index (κ1) is 14.1. The van der Waals surface area contributed by atoms with Gasteiger partial charge >= 0.3 is 5.97 Å². The van der Waals surface area contributed by atoms with Crippen LogP contribution < -0.4 is 0 Å². The quantitative estimate of drug-likeness (QED) is 0.856. The predicted molar refractivity (Wildman–Crippen MR) is 76.3 cm³/mol. The van der Waals surface area contributed by atoms with E-state index in [-0.39, 0.29) is 6.42 Å². The van der Waals surface area contributed by atoms with Crippen LogP contribution in [-0.4, -0.2) is 35.1 Å². The molecule has 0 radical (unpaired) electrons. The second-order valence-electron chi connectivity index (χ2n) is 5.46. The van der Waals surface area contributed by atoms with Crippen molar-refractivity contribution >= 4 is 5.97 Å². The molecular formula is C16H23NO2. The van der Waals surface area contributed by atoms with Crippen molar-refractivity contribution in [1.29, 1.82) is 0 Å². The molecule has 1 unspecified atom stereocenters. The third-order valence-electron chi connectivity index (χ3n) is 4.05. The summed E-state index contributed by atoms with van der Waals surface area (Å²) in [5, 5.41) is 8.71. The van der Waals surface area contributed by atoms with Crippen LogP contribution in [-0.2, 0) is 11.2 Å². The van der Waals surface area contributed by atoms with Gasteiger partial charge in [0, 0.05) is 12.5 Å². The lowest BCUT2D eigenvalue weighted by atomic mass is 9.99. The third-order valence-corrected chi connectivity index (χ3v) is 4.05. The molecule has 1 N–H and O–H groups in total. The first-order chi connectivity index (χ1) is 9.16. The molecule has 1 aliphatic heterocycles. The van der Waals surface area contributed by atoms with Gasteiger partial charge in [-0.15, -0.1) is 0 Å². The van der Waals surface area contributed by atoms with Gasteiger partial charge in [0.1, 0.15) is 0 Å². The molecule has 0 amide bonds. The van der Waals surface area contributed by atoms with Crippen LogP contribution in [0, 0.1) is 6.92 Å². The van der Waals surface area contributed by atoms with Gasteiger partial charge in [0.05, 0.1) is 0 Å². The van der Waals surface area contributed by atoms with E-state index in [9.17, 15) is 4.79 Å². The number of carbonyl (C=O) groups is 1. The van der Waals surface area contributed by atoms with Crippen molar-refractivity contribution in [2.45, 2.75) is 45.1 Å². The number of aryl methyl sites for hydroxylation is 1. The SMILES string of the molecule is Cc1ccccc1CC1CCCN1CCCC(=O)O. The van der Waals surface area contributed by atoms with Crippen LogP contribution in [0.2, 0.25) is 0 Å². The van der Waals surface area contributed by atoms with Crippen molar-refractivity contribution in [3.63, 3.8) is 0 Å². The van der Waals surface area contributed by atoms with E-state index in [1.54, 1.807) is 0 Å². The number of nitrogens with zero attached hydrogens (tertiary/aromatic N) is 1. The van der Waals surface area contributed by atoms with Gasteiger partial charge < -0.3 is 10.0 Å². The summed E-state index contributed by atoms with van der Waals surface area (Å²) in [7, 11) is 0. The third kappa shape index (κ3) is 4.06. The molecule has 1 aromatic rings. The average molecular weight is 261 g/mol. The number of carboxylic acids is 1. The molecule has 1 heterocycles. The van der Waals surface area contributed by atoms with Crippen LogP contribution in [0.3, 0.4) is 0 Å². The van der Waals surface area contributed by atoms with E-state index in [2.05, 4.69) is 36.1 Å². The maximum atomic E-state index is 10.6. The highest BCUT2D eigenvalue weighted by Gasteiger charge is 2.24. The lowest BCUT2D eigenvalue weighted by Crippen LogP contribution is -2.32. The van der Waals surface area contributed by atoms with Gasteiger partial charge in [0.15, 0.2) is 0 Å². The van der Waals surface area contributed by atoms with Crippen molar-refractivity contribution in [3.05, 3.63) is 35.4 Å². The van der Waals surface area contributed by atoms with Gasteiger partial charge in [0.2, 0.25) is 0 Å². The Morgan fingerprint density at radius 3 is 2.95 bits per heavy atom. The molecule has 1 atom stereocenters. The number of hydrogen-bond acceptors (Lipinski definition) is 2. The molecule has 1 aromatic carbocycles. The van der Waals surface area contributed by atoms with Crippen LogP contribution in [0.5, 0.6) is 0 Å². The summed E-state index contributed by atoms with van der Waals surface area (Å²) in [6.07, 6.45) is 4.62. The topological polar surface area (TPSA) is 40.5 Å². The summed E-state index contributed by atoms with van der Waals surface area (Å²) in [6.45, 7) is 4.21. The first-order valence-electron chi connectivity index (χ1n) is 7.17. The van der Waals surface area contributed by atoms with Gasteiger partial charge in [-0.2, -0.15) is 0 Å². The summed E-state index contributed by atoms with van der Waals surface area (Å²) in [6, 6.07) is 9.15. The molecule has 3 nitrogen and oxygen atoms in total. The second kappa shape index (κ2) is 6.71. The van der Waals surface area contributed by atoms with Crippen LogP contribution in [0.1, 0.15) is 36.8 Å². The highest BCUT2D eigenvalue weighted by molar-refractivity contribution is 5.66. The summed E-state index contributed by atoms with van der Waals surface area (Å²) < 4.78 is 0. The highest BCUT2D eigenvalue weighted by Crippen LogP contribution is 2.22. The fourth-order valence-corrected chi connectivity index (χ4v) is 2.95. The van der Waals surface area contributed by atoms with Gasteiger partial charge in [-0.25, -0.2) is 0 Å². The zero-order chi connectivity index (χ0) is 13.7. The Kier molecular flexibility index (Phi) is 4.97. The van der Waals surface area contributed by atoms with Crippen LogP contribution in [0.25, 0.3) is 0 Å². The van der Waals surface area contributed by atoms with E-state index in [4.69, 9.17) is 5.11 Å². The Bertz CT molecular complexity index is 431. The molecule has 0 aliphatic carbocycles.